The van der Waals surface area contributed by atoms with Crippen LogP contribution in [-0.2, 0) is 0 Å². The molecule has 12 rings (SSSR count). The summed E-state index contributed by atoms with van der Waals surface area (Å²) in [5, 5.41) is 7.13. The summed E-state index contributed by atoms with van der Waals surface area (Å²) in [7, 11) is 0. The monoisotopic (exact) mass is 795 g/mol. The van der Waals surface area contributed by atoms with Crippen LogP contribution in [0.15, 0.2) is 229 Å². The number of benzene rings is 10. The number of hydrogen-bond acceptors (Lipinski definition) is 3. The van der Waals surface area contributed by atoms with E-state index in [4.69, 9.17) is 4.42 Å². The van der Waals surface area contributed by atoms with Gasteiger partial charge in [-0.05, 0) is 111 Å². The van der Waals surface area contributed by atoms with Crippen molar-refractivity contribution in [2.45, 2.75) is 0 Å². The van der Waals surface area contributed by atoms with Gasteiger partial charge in [0.05, 0.1) is 5.69 Å². The number of nitrogens with zero attached hydrogens (tertiary/aromatic N) is 1. The summed E-state index contributed by atoms with van der Waals surface area (Å²) in [5.41, 5.74) is 14.7. The molecule has 286 valence electrons. The Morgan fingerprint density at radius 2 is 0.951 bits per heavy atom. The summed E-state index contributed by atoms with van der Waals surface area (Å²) in [5.74, 6) is 0. The van der Waals surface area contributed by atoms with Gasteiger partial charge >= 0.3 is 0 Å². The molecule has 12 aromatic rings. The predicted octanol–water partition coefficient (Wildman–Crippen LogP) is 17.2. The molecule has 2 heterocycles. The van der Waals surface area contributed by atoms with Crippen molar-refractivity contribution in [3.63, 3.8) is 0 Å². The molecule has 0 radical (unpaired) electrons. The molecule has 0 saturated heterocycles. The molecule has 0 atom stereocenters. The van der Waals surface area contributed by atoms with Gasteiger partial charge in [0, 0.05) is 47.7 Å². The second-order valence-corrected chi connectivity index (χ2v) is 16.7. The van der Waals surface area contributed by atoms with Crippen LogP contribution in [0.4, 0.5) is 17.1 Å². The standard InChI is InChI=1S/C58H37NOS/c1-3-13-39(14-4-1)46-35-30-43(37-51(46)40-15-5-2-6-16-40)38-25-31-44(32-26-38)59(52-21-12-24-55-57(52)49-19-9-10-23-54(49)61-55)45-33-27-42(28-34-45)47-20-11-22-53-56(47)50-36-29-41-17-7-8-18-48(41)58(50)60-53/h1-37H. The van der Waals surface area contributed by atoms with E-state index >= 15 is 0 Å². The maximum absolute atomic E-state index is 6.56. The van der Waals surface area contributed by atoms with Crippen molar-refractivity contribution in [3.05, 3.63) is 224 Å². The lowest BCUT2D eigenvalue weighted by Gasteiger charge is -2.27. The number of thiophene rings is 1. The van der Waals surface area contributed by atoms with E-state index in [0.717, 1.165) is 55.5 Å². The second-order valence-electron chi connectivity index (χ2n) is 15.6. The minimum Gasteiger partial charge on any atom is -0.455 e. The first-order chi connectivity index (χ1) is 30.2. The van der Waals surface area contributed by atoms with Gasteiger partial charge in [-0.2, -0.15) is 0 Å². The Balaban J connectivity index is 0.982. The molecule has 0 aliphatic rings. The SMILES string of the molecule is c1ccc(-c2ccc(-c3ccc(N(c4ccc(-c5cccc6oc7c8ccccc8ccc7c56)cc4)c4cccc5sc6ccccc6c45)cc3)cc2-c2ccccc2)cc1. The van der Waals surface area contributed by atoms with Crippen molar-refractivity contribution in [2.75, 3.05) is 4.90 Å². The predicted molar refractivity (Wildman–Crippen MR) is 261 cm³/mol. The van der Waals surface area contributed by atoms with Gasteiger partial charge in [-0.15, -0.1) is 11.3 Å². The maximum atomic E-state index is 6.56. The second kappa shape index (κ2) is 14.5. The Morgan fingerprint density at radius 1 is 0.344 bits per heavy atom. The molecule has 2 nitrogen and oxygen atoms in total. The molecule has 3 heteroatoms. The Labute approximate surface area is 357 Å². The molecule has 0 fully saturated rings. The average Bonchev–Trinajstić information content (AvgIpc) is 3.92. The van der Waals surface area contributed by atoms with Gasteiger partial charge in [0.2, 0.25) is 0 Å². The molecule has 0 aliphatic heterocycles. The molecule has 0 amide bonds. The third kappa shape index (κ3) is 6.01. The van der Waals surface area contributed by atoms with Gasteiger partial charge in [0.1, 0.15) is 11.2 Å². The summed E-state index contributed by atoms with van der Waals surface area (Å²) in [4.78, 5) is 2.42. The number of fused-ring (bicyclic) bond motifs is 8. The number of hydrogen-bond donors (Lipinski definition) is 0. The molecule has 61 heavy (non-hydrogen) atoms. The lowest BCUT2D eigenvalue weighted by molar-refractivity contribution is 0.673. The van der Waals surface area contributed by atoms with E-state index in [1.54, 1.807) is 0 Å². The minimum atomic E-state index is 0.899. The zero-order chi connectivity index (χ0) is 40.3. The molecule has 0 unspecified atom stereocenters. The summed E-state index contributed by atoms with van der Waals surface area (Å²) < 4.78 is 9.13. The largest absolute Gasteiger partial charge is 0.455 e. The van der Waals surface area contributed by atoms with Crippen molar-refractivity contribution < 1.29 is 4.42 Å². The van der Waals surface area contributed by atoms with Crippen LogP contribution >= 0.6 is 11.3 Å². The van der Waals surface area contributed by atoms with Crippen LogP contribution in [0.1, 0.15) is 0 Å². The molecule has 10 aromatic carbocycles. The molecule has 0 saturated carbocycles. The van der Waals surface area contributed by atoms with E-state index < -0.39 is 0 Å². The fraction of sp³-hybridized carbons (Fsp3) is 0. The maximum Gasteiger partial charge on any atom is 0.143 e. The summed E-state index contributed by atoms with van der Waals surface area (Å²) in [6, 6.07) is 81.1. The van der Waals surface area contributed by atoms with Crippen molar-refractivity contribution in [3.8, 4) is 44.5 Å². The van der Waals surface area contributed by atoms with Crippen molar-refractivity contribution >= 4 is 81.3 Å². The highest BCUT2D eigenvalue weighted by molar-refractivity contribution is 7.26. The highest BCUT2D eigenvalue weighted by Gasteiger charge is 2.20. The third-order valence-electron chi connectivity index (χ3n) is 12.1. The first kappa shape index (κ1) is 35.2. The lowest BCUT2D eigenvalue weighted by atomic mass is 9.91. The highest BCUT2D eigenvalue weighted by Crippen LogP contribution is 2.46. The van der Waals surface area contributed by atoms with Crippen LogP contribution < -0.4 is 4.90 Å². The first-order valence-electron chi connectivity index (χ1n) is 20.7. The average molecular weight is 796 g/mol. The fourth-order valence-corrected chi connectivity index (χ4v) is 10.3. The Morgan fingerprint density at radius 3 is 1.72 bits per heavy atom. The van der Waals surface area contributed by atoms with Crippen LogP contribution in [0, 0.1) is 0 Å². The minimum absolute atomic E-state index is 0.899. The molecular weight excluding hydrogens is 759 g/mol. The van der Waals surface area contributed by atoms with Crippen LogP contribution in [0.5, 0.6) is 0 Å². The molecule has 0 bridgehead atoms. The summed E-state index contributed by atoms with van der Waals surface area (Å²) in [6.45, 7) is 0. The highest BCUT2D eigenvalue weighted by atomic mass is 32.1. The van der Waals surface area contributed by atoms with Gasteiger partial charge in [0.25, 0.3) is 0 Å². The van der Waals surface area contributed by atoms with Crippen molar-refractivity contribution in [1.29, 1.82) is 0 Å². The van der Waals surface area contributed by atoms with Crippen molar-refractivity contribution in [1.82, 2.24) is 0 Å². The normalized spacial score (nSPS) is 11.6. The van der Waals surface area contributed by atoms with Gasteiger partial charge in [-0.25, -0.2) is 0 Å². The molecule has 0 aliphatic carbocycles. The fourth-order valence-electron chi connectivity index (χ4n) is 9.21. The number of rotatable bonds is 7. The Hall–Kier alpha value is -7.72. The van der Waals surface area contributed by atoms with Crippen LogP contribution in [-0.4, -0.2) is 0 Å². The Bertz CT molecular complexity index is 3570. The Kier molecular flexibility index (Phi) is 8.39. The van der Waals surface area contributed by atoms with E-state index in [1.807, 2.05) is 11.3 Å². The zero-order valence-corrected chi connectivity index (χ0v) is 33.9. The molecule has 0 spiro atoms. The van der Waals surface area contributed by atoms with Gasteiger partial charge < -0.3 is 9.32 Å². The topological polar surface area (TPSA) is 16.4 Å². The van der Waals surface area contributed by atoms with Crippen molar-refractivity contribution in [2.24, 2.45) is 0 Å². The third-order valence-corrected chi connectivity index (χ3v) is 13.2. The summed E-state index contributed by atoms with van der Waals surface area (Å²) >= 11 is 1.85. The van der Waals surface area contributed by atoms with Crippen LogP contribution in [0.25, 0.3) is 97.4 Å². The first-order valence-corrected chi connectivity index (χ1v) is 21.6. The summed E-state index contributed by atoms with van der Waals surface area (Å²) in [6.07, 6.45) is 0. The lowest BCUT2D eigenvalue weighted by Crippen LogP contribution is -2.10. The van der Waals surface area contributed by atoms with E-state index in [1.165, 1.54) is 58.9 Å². The van der Waals surface area contributed by atoms with E-state index in [-0.39, 0.29) is 0 Å². The van der Waals surface area contributed by atoms with Gasteiger partial charge in [0.15, 0.2) is 0 Å². The molecule has 2 aromatic heterocycles. The number of furan rings is 1. The quantitative estimate of drug-likeness (QED) is 0.160. The van der Waals surface area contributed by atoms with E-state index in [9.17, 15) is 0 Å². The van der Waals surface area contributed by atoms with Crippen LogP contribution in [0.2, 0.25) is 0 Å². The van der Waals surface area contributed by atoms with Gasteiger partial charge in [-0.3, -0.25) is 0 Å². The molecular formula is C58H37NOS. The van der Waals surface area contributed by atoms with E-state index in [0.29, 0.717) is 0 Å². The van der Waals surface area contributed by atoms with Gasteiger partial charge in [-0.1, -0.05) is 164 Å². The zero-order valence-electron chi connectivity index (χ0n) is 33.1. The molecule has 0 N–H and O–H groups in total. The smallest absolute Gasteiger partial charge is 0.143 e. The van der Waals surface area contributed by atoms with E-state index in [2.05, 4.69) is 229 Å². The number of anilines is 3. The van der Waals surface area contributed by atoms with Crippen LogP contribution in [0.3, 0.4) is 0 Å².